The summed E-state index contributed by atoms with van der Waals surface area (Å²) in [4.78, 5) is 24.9. The molecule has 0 heterocycles. The number of rotatable bonds is 9. The Morgan fingerprint density at radius 2 is 1.64 bits per heavy atom. The van der Waals surface area contributed by atoms with Gasteiger partial charge in [0.1, 0.15) is 12.3 Å². The van der Waals surface area contributed by atoms with Gasteiger partial charge in [0.05, 0.1) is 24.8 Å². The van der Waals surface area contributed by atoms with Crippen molar-refractivity contribution in [3.8, 4) is 5.75 Å². The smallest absolute Gasteiger partial charge is 0.260 e. The van der Waals surface area contributed by atoms with E-state index in [1.54, 1.807) is 73.7 Å². The number of hydrazone groups is 1. The van der Waals surface area contributed by atoms with Gasteiger partial charge in [-0.15, -0.1) is 0 Å². The molecule has 0 aliphatic rings. The molecule has 0 saturated carbocycles. The van der Waals surface area contributed by atoms with Crippen LogP contribution >= 0.6 is 0 Å². The second-order valence-electron chi connectivity index (χ2n) is 8.07. The number of ether oxygens (including phenoxy) is 1. The van der Waals surface area contributed by atoms with Crippen LogP contribution in [-0.2, 0) is 14.8 Å². The van der Waals surface area contributed by atoms with Crippen LogP contribution in [0.3, 0.4) is 0 Å². The van der Waals surface area contributed by atoms with E-state index < -0.39 is 22.5 Å². The topological polar surface area (TPSA) is 117 Å². The molecule has 3 rings (SSSR count). The Morgan fingerprint density at radius 3 is 2.25 bits per heavy atom. The van der Waals surface area contributed by atoms with Crippen LogP contribution in [0.25, 0.3) is 0 Å². The first-order chi connectivity index (χ1) is 17.1. The van der Waals surface area contributed by atoms with Gasteiger partial charge in [-0.1, -0.05) is 36.4 Å². The first-order valence-corrected chi connectivity index (χ1v) is 12.9. The van der Waals surface area contributed by atoms with Crippen molar-refractivity contribution >= 4 is 38.9 Å². The Labute approximate surface area is 210 Å². The number of hydrogen-bond donors (Lipinski definition) is 2. The normalized spacial score (nSPS) is 11.5. The highest BCUT2D eigenvalue weighted by molar-refractivity contribution is 7.92. The van der Waals surface area contributed by atoms with Crippen LogP contribution < -0.4 is 19.8 Å². The van der Waals surface area contributed by atoms with Gasteiger partial charge in [-0.3, -0.25) is 13.9 Å². The molecule has 3 aromatic carbocycles. The molecule has 0 radical (unpaired) electrons. The SMILES string of the molecule is COc1ccc(C)cc1N(CC(=O)N/N=C(/C)c1ccc(NC(=O)c2ccccc2)cc1)S(C)(=O)=O. The maximum absolute atomic E-state index is 12.6. The van der Waals surface area contributed by atoms with Crippen molar-refractivity contribution in [2.75, 3.05) is 29.5 Å². The molecule has 2 amide bonds. The number of anilines is 2. The minimum Gasteiger partial charge on any atom is -0.495 e. The highest BCUT2D eigenvalue weighted by Gasteiger charge is 2.24. The fourth-order valence-corrected chi connectivity index (χ4v) is 4.19. The molecule has 0 bridgehead atoms. The van der Waals surface area contributed by atoms with E-state index in [1.807, 2.05) is 13.0 Å². The van der Waals surface area contributed by atoms with Crippen LogP contribution in [0.5, 0.6) is 5.75 Å². The minimum atomic E-state index is -3.78. The number of hydrogen-bond acceptors (Lipinski definition) is 6. The van der Waals surface area contributed by atoms with Gasteiger partial charge in [0.2, 0.25) is 10.0 Å². The van der Waals surface area contributed by atoms with Crippen molar-refractivity contribution in [3.63, 3.8) is 0 Å². The number of nitrogens with zero attached hydrogens (tertiary/aromatic N) is 2. The molecule has 0 fully saturated rings. The Hall–Kier alpha value is -4.18. The lowest BCUT2D eigenvalue weighted by Gasteiger charge is -2.23. The standard InChI is InChI=1S/C26H28N4O5S/c1-18-10-15-24(35-3)23(16-18)30(36(4,33)34)17-25(31)29-28-19(2)20-11-13-22(14-12-20)27-26(32)21-8-6-5-7-9-21/h5-16H,17H2,1-4H3,(H,27,32)(H,29,31)/b28-19-. The monoisotopic (exact) mass is 508 g/mol. The number of carbonyl (C=O) groups excluding carboxylic acids is 2. The lowest BCUT2D eigenvalue weighted by Crippen LogP contribution is -2.39. The minimum absolute atomic E-state index is 0.221. The second-order valence-corrected chi connectivity index (χ2v) is 9.98. The van der Waals surface area contributed by atoms with Crippen LogP contribution in [0.2, 0.25) is 0 Å². The number of benzene rings is 3. The predicted octanol–water partition coefficient (Wildman–Crippen LogP) is 3.56. The zero-order valence-corrected chi connectivity index (χ0v) is 21.3. The van der Waals surface area contributed by atoms with Crippen molar-refractivity contribution in [2.45, 2.75) is 13.8 Å². The van der Waals surface area contributed by atoms with Gasteiger partial charge in [-0.2, -0.15) is 5.10 Å². The number of aryl methyl sites for hydroxylation is 1. The van der Waals surface area contributed by atoms with Crippen LogP contribution in [0.15, 0.2) is 77.9 Å². The van der Waals surface area contributed by atoms with Gasteiger partial charge in [-0.25, -0.2) is 13.8 Å². The first kappa shape index (κ1) is 26.4. The van der Waals surface area contributed by atoms with E-state index in [9.17, 15) is 18.0 Å². The van der Waals surface area contributed by atoms with E-state index in [0.29, 0.717) is 28.3 Å². The summed E-state index contributed by atoms with van der Waals surface area (Å²) < 4.78 is 31.1. The summed E-state index contributed by atoms with van der Waals surface area (Å²) in [6.07, 6.45) is 1.02. The Balaban J connectivity index is 1.67. The van der Waals surface area contributed by atoms with E-state index in [-0.39, 0.29) is 11.6 Å². The summed E-state index contributed by atoms with van der Waals surface area (Å²) >= 11 is 0. The fourth-order valence-electron chi connectivity index (χ4n) is 3.34. The van der Waals surface area contributed by atoms with Gasteiger partial charge in [0, 0.05) is 11.3 Å². The molecule has 0 spiro atoms. The molecule has 0 saturated heterocycles. The van der Waals surface area contributed by atoms with Gasteiger partial charge in [0.25, 0.3) is 11.8 Å². The summed E-state index contributed by atoms with van der Waals surface area (Å²) in [5.74, 6) is -0.505. The number of sulfonamides is 1. The maximum atomic E-state index is 12.6. The fraction of sp³-hybridized carbons (Fsp3) is 0.192. The summed E-state index contributed by atoms with van der Waals surface area (Å²) in [5, 5.41) is 6.92. The Morgan fingerprint density at radius 1 is 0.972 bits per heavy atom. The Kier molecular flexibility index (Phi) is 8.44. The quantitative estimate of drug-likeness (QED) is 0.339. The van der Waals surface area contributed by atoms with Crippen molar-refractivity contribution in [1.29, 1.82) is 0 Å². The highest BCUT2D eigenvalue weighted by Crippen LogP contribution is 2.30. The molecule has 9 nitrogen and oxygen atoms in total. The second kappa shape index (κ2) is 11.5. The molecule has 0 aromatic heterocycles. The zero-order valence-electron chi connectivity index (χ0n) is 20.5. The molecular formula is C26H28N4O5S. The Bertz CT molecular complexity index is 1370. The number of amides is 2. The molecule has 3 aromatic rings. The third kappa shape index (κ3) is 6.92. The summed E-state index contributed by atoms with van der Waals surface area (Å²) in [7, 11) is -2.35. The molecule has 36 heavy (non-hydrogen) atoms. The van der Waals surface area contributed by atoms with Crippen LogP contribution in [0.1, 0.15) is 28.4 Å². The lowest BCUT2D eigenvalue weighted by molar-refractivity contribution is -0.119. The van der Waals surface area contributed by atoms with E-state index in [2.05, 4.69) is 15.8 Å². The number of carbonyl (C=O) groups is 2. The summed E-state index contributed by atoms with van der Waals surface area (Å²) in [6, 6.07) is 20.9. The van der Waals surface area contributed by atoms with E-state index in [0.717, 1.165) is 16.1 Å². The van der Waals surface area contributed by atoms with Gasteiger partial charge >= 0.3 is 0 Å². The molecule has 0 aliphatic heterocycles. The summed E-state index contributed by atoms with van der Waals surface area (Å²) in [6.45, 7) is 3.05. The average Bonchev–Trinajstić information content (AvgIpc) is 2.86. The number of methoxy groups -OCH3 is 1. The predicted molar refractivity (Wildman–Crippen MR) is 141 cm³/mol. The zero-order chi connectivity index (χ0) is 26.3. The van der Waals surface area contributed by atoms with E-state index >= 15 is 0 Å². The molecule has 0 atom stereocenters. The van der Waals surface area contributed by atoms with Gasteiger partial charge in [0.15, 0.2) is 0 Å². The van der Waals surface area contributed by atoms with E-state index in [4.69, 9.17) is 4.74 Å². The maximum Gasteiger partial charge on any atom is 0.260 e. The molecule has 0 unspecified atom stereocenters. The van der Waals surface area contributed by atoms with Crippen molar-refractivity contribution < 1.29 is 22.7 Å². The lowest BCUT2D eigenvalue weighted by atomic mass is 10.1. The van der Waals surface area contributed by atoms with Crippen LogP contribution in [0, 0.1) is 6.92 Å². The summed E-state index contributed by atoms with van der Waals surface area (Å²) in [5.41, 5.74) is 5.87. The molecule has 10 heteroatoms. The van der Waals surface area contributed by atoms with Crippen molar-refractivity contribution in [1.82, 2.24) is 5.43 Å². The molecule has 2 N–H and O–H groups in total. The first-order valence-electron chi connectivity index (χ1n) is 11.0. The third-order valence-electron chi connectivity index (χ3n) is 5.24. The van der Waals surface area contributed by atoms with Gasteiger partial charge in [-0.05, 0) is 61.4 Å². The van der Waals surface area contributed by atoms with E-state index in [1.165, 1.54) is 7.11 Å². The van der Waals surface area contributed by atoms with Crippen molar-refractivity contribution in [3.05, 3.63) is 89.5 Å². The largest absolute Gasteiger partial charge is 0.495 e. The van der Waals surface area contributed by atoms with Crippen LogP contribution in [0.4, 0.5) is 11.4 Å². The molecule has 0 aliphatic carbocycles. The van der Waals surface area contributed by atoms with Gasteiger partial charge < -0.3 is 10.1 Å². The highest BCUT2D eigenvalue weighted by atomic mass is 32.2. The van der Waals surface area contributed by atoms with Crippen molar-refractivity contribution in [2.24, 2.45) is 5.10 Å². The average molecular weight is 509 g/mol. The van der Waals surface area contributed by atoms with Crippen LogP contribution in [-0.4, -0.2) is 45.9 Å². The number of nitrogens with one attached hydrogen (secondary N) is 2. The molecule has 188 valence electrons. The third-order valence-corrected chi connectivity index (χ3v) is 6.36. The molecular weight excluding hydrogens is 480 g/mol.